The lowest BCUT2D eigenvalue weighted by molar-refractivity contribution is -0.129. The van der Waals surface area contributed by atoms with Crippen LogP contribution in [0.3, 0.4) is 0 Å². The molecule has 4 heterocycles. The fourth-order valence-corrected chi connectivity index (χ4v) is 10.4. The average Bonchev–Trinajstić information content (AvgIpc) is 3.89. The molecule has 15 nitrogen and oxygen atoms in total. The largest absolute Gasteiger partial charge is 0.493 e. The first-order chi connectivity index (χ1) is 35.8. The summed E-state index contributed by atoms with van der Waals surface area (Å²) in [5.74, 6) is -0.364. The number of fused-ring (bicyclic) bond motifs is 8. The number of nitrogens with zero attached hydrogens (tertiary/aromatic N) is 3. The van der Waals surface area contributed by atoms with Crippen molar-refractivity contribution in [2.24, 2.45) is 10.9 Å². The molecule has 0 bridgehead atoms. The number of amides is 4. The zero-order chi connectivity index (χ0) is 52.0. The van der Waals surface area contributed by atoms with Gasteiger partial charge < -0.3 is 35.1 Å². The second-order valence-electron chi connectivity index (χ2n) is 19.8. The number of hydrogen-bond donors (Lipinski definition) is 3. The lowest BCUT2D eigenvalue weighted by atomic mass is 9.99. The van der Waals surface area contributed by atoms with Gasteiger partial charge in [0.15, 0.2) is 17.3 Å². The summed E-state index contributed by atoms with van der Waals surface area (Å²) in [5, 5.41) is 8.76. The Labute approximate surface area is 432 Å². The van der Waals surface area contributed by atoms with Crippen LogP contribution in [0.15, 0.2) is 96.0 Å². The van der Waals surface area contributed by atoms with Gasteiger partial charge in [0.2, 0.25) is 11.8 Å². The Bertz CT molecular complexity index is 3040. The molecule has 5 aromatic rings. The van der Waals surface area contributed by atoms with Crippen LogP contribution in [0, 0.1) is 12.8 Å². The molecule has 0 saturated carbocycles. The van der Waals surface area contributed by atoms with Crippen molar-refractivity contribution in [3.8, 4) is 17.2 Å². The Kier molecular flexibility index (Phi) is 15.7. The monoisotopic (exact) mass is 1000 g/mol. The number of rotatable bonds is 21. The van der Waals surface area contributed by atoms with Crippen LogP contribution in [0.1, 0.15) is 113 Å². The van der Waals surface area contributed by atoms with Crippen molar-refractivity contribution in [1.29, 1.82) is 0 Å². The number of carbonyl (C=O) groups excluding carboxylic acids is 6. The molecule has 4 atom stereocenters. The number of methoxy groups -OCH3 is 1. The van der Waals surface area contributed by atoms with Crippen molar-refractivity contribution in [3.63, 3.8) is 0 Å². The van der Waals surface area contributed by atoms with E-state index in [2.05, 4.69) is 22.0 Å². The molecule has 0 fully saturated rings. The number of benzene rings is 5. The van der Waals surface area contributed by atoms with Crippen molar-refractivity contribution in [3.05, 3.63) is 136 Å². The predicted octanol–water partition coefficient (Wildman–Crippen LogP) is 8.74. The number of nitrogens with one attached hydrogen (secondary N) is 3. The van der Waals surface area contributed by atoms with Crippen LogP contribution in [-0.2, 0) is 51.7 Å². The molecule has 4 amide bonds. The SMILES string of the molecule is CCNCC(=O)CCCCC(=O)N[C@@H](C)C(=O)C[C@@H](C)C(=O)Nc1cc(COc2cc3c(cc2C)C(=O)N2c4ccccc4C[C@H]2C=N3)cc(COc2cc3c(cc2OC)C(=O)N2c4ccccc4C[C@H]2CC3)c1. The van der Waals surface area contributed by atoms with Gasteiger partial charge in [-0.15, -0.1) is 0 Å². The second-order valence-corrected chi connectivity index (χ2v) is 19.8. The maximum atomic E-state index is 14.2. The number of aliphatic imine (C=N–C) groups is 1. The fourth-order valence-electron chi connectivity index (χ4n) is 10.4. The number of anilines is 3. The molecular formula is C59H64N6O9. The quantitative estimate of drug-likeness (QED) is 0.0601. The van der Waals surface area contributed by atoms with E-state index in [-0.39, 0.29) is 67.4 Å². The standard InChI is InChI=1S/C59H64N6O9/c1-6-60-32-46(66)15-9-12-18-56(68)62-37(4)52(67)22-36(3)57(69)63-43-24-38(33-73-53-30-49-48(21-35(53)2)59(71)65-45(31-61-49)27-42-14-8-11-17-51(42)65)23-39(25-43)34-74-55-28-40-19-20-44-26-41-13-7-10-16-50(41)64(44)58(70)47(40)29-54(55)72-5/h7-8,10-11,13-14,16-17,21,23-25,28-31,36-37,44-45,60H,6,9,12,15,18-20,22,26-27,32-34H2,1-5H3,(H,62,68)(H,63,69)/t36-,37+,44-,45+/m1/s1. The Balaban J connectivity index is 0.904. The number of unbranched alkanes of at least 4 members (excludes halogenated alkanes) is 1. The van der Waals surface area contributed by atoms with Crippen LogP contribution in [0.25, 0.3) is 0 Å². The molecule has 0 aliphatic carbocycles. The number of hydrogen-bond acceptors (Lipinski definition) is 11. The lowest BCUT2D eigenvalue weighted by Gasteiger charge is -2.23. The third-order valence-corrected chi connectivity index (χ3v) is 14.4. The zero-order valence-electron chi connectivity index (χ0n) is 42.8. The number of aryl methyl sites for hydroxylation is 2. The van der Waals surface area contributed by atoms with Crippen molar-refractivity contribution in [2.45, 2.75) is 117 Å². The van der Waals surface area contributed by atoms with E-state index in [1.807, 2.05) is 90.5 Å². The van der Waals surface area contributed by atoms with Crippen LogP contribution >= 0.6 is 0 Å². The first-order valence-corrected chi connectivity index (χ1v) is 25.7. The minimum absolute atomic E-state index is 0.0601. The predicted molar refractivity (Wildman–Crippen MR) is 284 cm³/mol. The number of Topliss-reactive ketones (excluding diaryl/α,β-unsaturated/α-hetero) is 2. The van der Waals surface area contributed by atoms with Gasteiger partial charge in [0.05, 0.1) is 37.0 Å². The minimum atomic E-state index is -0.802. The summed E-state index contributed by atoms with van der Waals surface area (Å²) >= 11 is 0. The number of ether oxygens (including phenoxy) is 3. The normalized spacial score (nSPS) is 16.8. The Hall–Kier alpha value is -7.65. The Morgan fingerprint density at radius 2 is 1.43 bits per heavy atom. The fraction of sp³-hybridized carbons (Fsp3) is 0.373. The number of carbonyl (C=O) groups is 6. The molecule has 4 aliphatic rings. The van der Waals surface area contributed by atoms with Gasteiger partial charge in [-0.2, -0.15) is 0 Å². The van der Waals surface area contributed by atoms with Crippen molar-refractivity contribution >= 4 is 64.2 Å². The summed E-state index contributed by atoms with van der Waals surface area (Å²) in [4.78, 5) is 88.4. The van der Waals surface area contributed by atoms with Crippen LogP contribution in [0.5, 0.6) is 17.2 Å². The number of ketones is 2. The molecule has 9 rings (SSSR count). The van der Waals surface area contributed by atoms with E-state index < -0.39 is 17.9 Å². The molecule has 0 aromatic heterocycles. The minimum Gasteiger partial charge on any atom is -0.493 e. The van der Waals surface area contributed by atoms with Gasteiger partial charge in [-0.3, -0.25) is 38.7 Å². The van der Waals surface area contributed by atoms with Gasteiger partial charge in [-0.05, 0) is 134 Å². The topological polar surface area (TPSA) is 185 Å². The van der Waals surface area contributed by atoms with Gasteiger partial charge in [-0.25, -0.2) is 0 Å². The van der Waals surface area contributed by atoms with Crippen molar-refractivity contribution < 1.29 is 43.0 Å². The van der Waals surface area contributed by atoms with E-state index in [0.29, 0.717) is 96.1 Å². The molecule has 74 heavy (non-hydrogen) atoms. The van der Waals surface area contributed by atoms with Gasteiger partial charge in [0, 0.05) is 72.5 Å². The van der Waals surface area contributed by atoms with Gasteiger partial charge in [0.25, 0.3) is 11.8 Å². The highest BCUT2D eigenvalue weighted by molar-refractivity contribution is 6.15. The van der Waals surface area contributed by atoms with E-state index >= 15 is 0 Å². The summed E-state index contributed by atoms with van der Waals surface area (Å²) in [7, 11) is 1.55. The molecule has 5 aromatic carbocycles. The molecular weight excluding hydrogens is 937 g/mol. The van der Waals surface area contributed by atoms with Crippen LogP contribution in [0.2, 0.25) is 0 Å². The first-order valence-electron chi connectivity index (χ1n) is 25.7. The van der Waals surface area contributed by atoms with E-state index in [9.17, 15) is 28.8 Å². The first kappa shape index (κ1) is 51.3. The van der Waals surface area contributed by atoms with E-state index in [4.69, 9.17) is 19.2 Å². The van der Waals surface area contributed by atoms with Gasteiger partial charge in [0.1, 0.15) is 24.7 Å². The highest BCUT2D eigenvalue weighted by Gasteiger charge is 2.39. The Morgan fingerprint density at radius 1 is 0.757 bits per heavy atom. The molecule has 0 radical (unpaired) electrons. The summed E-state index contributed by atoms with van der Waals surface area (Å²) in [5.41, 5.74) is 9.18. The highest BCUT2D eigenvalue weighted by Crippen LogP contribution is 2.42. The molecule has 0 unspecified atom stereocenters. The van der Waals surface area contributed by atoms with Crippen LogP contribution in [-0.4, -0.2) is 79.7 Å². The van der Waals surface area contributed by atoms with E-state index in [1.54, 1.807) is 45.2 Å². The molecule has 384 valence electrons. The molecule has 4 aliphatic heterocycles. The molecule has 15 heteroatoms. The maximum absolute atomic E-state index is 14.2. The average molecular weight is 1000 g/mol. The summed E-state index contributed by atoms with van der Waals surface area (Å²) in [6.45, 7) is 8.27. The smallest absolute Gasteiger partial charge is 0.261 e. The van der Waals surface area contributed by atoms with E-state index in [0.717, 1.165) is 40.9 Å². The van der Waals surface area contributed by atoms with Crippen LogP contribution < -0.4 is 40.0 Å². The summed E-state index contributed by atoms with van der Waals surface area (Å²) in [6.07, 6.45) is 6.37. The maximum Gasteiger partial charge on any atom is 0.261 e. The second kappa shape index (κ2) is 22.6. The van der Waals surface area contributed by atoms with Crippen LogP contribution in [0.4, 0.5) is 22.7 Å². The number of para-hydroxylation sites is 2. The summed E-state index contributed by atoms with van der Waals surface area (Å²) < 4.78 is 18.8. The molecule has 3 N–H and O–H groups in total. The summed E-state index contributed by atoms with van der Waals surface area (Å²) in [6, 6.07) is 27.8. The van der Waals surface area contributed by atoms with Gasteiger partial charge >= 0.3 is 0 Å². The van der Waals surface area contributed by atoms with Gasteiger partial charge in [-0.1, -0.05) is 50.2 Å². The highest BCUT2D eigenvalue weighted by atomic mass is 16.5. The Morgan fingerprint density at radius 3 is 2.16 bits per heavy atom. The molecule has 0 spiro atoms. The van der Waals surface area contributed by atoms with E-state index in [1.165, 1.54) is 5.56 Å². The lowest BCUT2D eigenvalue weighted by Crippen LogP contribution is -2.39. The third kappa shape index (κ3) is 11.3. The molecule has 0 saturated heterocycles. The number of likely N-dealkylation sites (N-methyl/N-ethyl adjacent to an activating group) is 1. The third-order valence-electron chi connectivity index (χ3n) is 14.4. The van der Waals surface area contributed by atoms with Crippen molar-refractivity contribution in [1.82, 2.24) is 10.6 Å². The van der Waals surface area contributed by atoms with Crippen molar-refractivity contribution in [2.75, 3.05) is 35.3 Å². The zero-order valence-corrected chi connectivity index (χ0v) is 42.8.